The maximum absolute atomic E-state index is 6.58. The zero-order chi connectivity index (χ0) is 11.9. The van der Waals surface area contributed by atoms with Crippen LogP contribution in [0, 0.1) is 0 Å². The molecule has 2 N–H and O–H groups in total. The van der Waals surface area contributed by atoms with E-state index in [1.54, 1.807) is 0 Å². The summed E-state index contributed by atoms with van der Waals surface area (Å²) >= 11 is 3.55. The molecule has 17 heavy (non-hydrogen) atoms. The first-order valence-corrected chi connectivity index (χ1v) is 6.96. The van der Waals surface area contributed by atoms with Crippen LogP contribution in [0.5, 0.6) is 0 Å². The molecule has 2 aromatic carbocycles. The Morgan fingerprint density at radius 2 is 1.82 bits per heavy atom. The van der Waals surface area contributed by atoms with E-state index >= 15 is 0 Å². The number of nitrogens with two attached hydrogens (primary N) is 1. The number of benzene rings is 2. The average molecular weight is 290 g/mol. The van der Waals surface area contributed by atoms with E-state index in [9.17, 15) is 0 Å². The van der Waals surface area contributed by atoms with Gasteiger partial charge in [-0.3, -0.25) is 0 Å². The standard InChI is InChI=1S/C15H16BrN/c16-12-7-6-11-4-3-5-14(13(11)10-12)15(17)8-1-2-9-15/h3-7,10H,1-2,8-9,17H2. The number of fused-ring (bicyclic) bond motifs is 1. The van der Waals surface area contributed by atoms with Gasteiger partial charge in [-0.2, -0.15) is 0 Å². The Morgan fingerprint density at radius 1 is 1.06 bits per heavy atom. The van der Waals surface area contributed by atoms with Crippen molar-refractivity contribution < 1.29 is 0 Å². The summed E-state index contributed by atoms with van der Waals surface area (Å²) in [4.78, 5) is 0. The van der Waals surface area contributed by atoms with Crippen molar-refractivity contribution in [1.29, 1.82) is 0 Å². The van der Waals surface area contributed by atoms with Gasteiger partial charge in [-0.25, -0.2) is 0 Å². The second kappa shape index (κ2) is 4.11. The second-order valence-corrected chi connectivity index (χ2v) is 5.95. The summed E-state index contributed by atoms with van der Waals surface area (Å²) in [5, 5.41) is 2.58. The molecule has 0 radical (unpaired) electrons. The predicted molar refractivity (Wildman–Crippen MR) is 76.0 cm³/mol. The fourth-order valence-electron chi connectivity index (χ4n) is 2.95. The molecule has 0 atom stereocenters. The minimum absolute atomic E-state index is 0.111. The van der Waals surface area contributed by atoms with E-state index in [1.807, 2.05) is 0 Å². The van der Waals surface area contributed by atoms with Gasteiger partial charge in [0, 0.05) is 10.0 Å². The minimum atomic E-state index is -0.111. The van der Waals surface area contributed by atoms with Crippen molar-refractivity contribution in [2.75, 3.05) is 0 Å². The molecular weight excluding hydrogens is 274 g/mol. The van der Waals surface area contributed by atoms with E-state index < -0.39 is 0 Å². The molecule has 2 aromatic rings. The monoisotopic (exact) mass is 289 g/mol. The molecule has 0 heterocycles. The number of rotatable bonds is 1. The molecule has 1 aliphatic carbocycles. The lowest BCUT2D eigenvalue weighted by Gasteiger charge is -2.26. The van der Waals surface area contributed by atoms with Gasteiger partial charge in [0.15, 0.2) is 0 Å². The lowest BCUT2D eigenvalue weighted by atomic mass is 9.86. The van der Waals surface area contributed by atoms with Gasteiger partial charge >= 0.3 is 0 Å². The lowest BCUT2D eigenvalue weighted by Crippen LogP contribution is -2.33. The summed E-state index contributed by atoms with van der Waals surface area (Å²) in [6.07, 6.45) is 4.72. The Hall–Kier alpha value is -0.860. The van der Waals surface area contributed by atoms with E-state index in [-0.39, 0.29) is 5.54 Å². The van der Waals surface area contributed by atoms with Crippen LogP contribution in [0.1, 0.15) is 31.2 Å². The normalized spacial score (nSPS) is 18.7. The van der Waals surface area contributed by atoms with Crippen molar-refractivity contribution in [2.24, 2.45) is 5.73 Å². The first-order chi connectivity index (χ1) is 8.19. The molecule has 1 saturated carbocycles. The van der Waals surface area contributed by atoms with Crippen LogP contribution in [0.4, 0.5) is 0 Å². The highest BCUT2D eigenvalue weighted by Crippen LogP contribution is 2.39. The third-order valence-electron chi connectivity index (χ3n) is 3.88. The summed E-state index contributed by atoms with van der Waals surface area (Å²) in [6, 6.07) is 12.9. The minimum Gasteiger partial charge on any atom is -0.321 e. The fourth-order valence-corrected chi connectivity index (χ4v) is 3.32. The number of hydrogen-bond donors (Lipinski definition) is 1. The molecular formula is C15H16BrN. The van der Waals surface area contributed by atoms with Crippen LogP contribution < -0.4 is 5.73 Å². The van der Waals surface area contributed by atoms with E-state index in [0.29, 0.717) is 0 Å². The Kier molecular flexibility index (Phi) is 2.72. The third kappa shape index (κ3) is 1.90. The Morgan fingerprint density at radius 3 is 2.59 bits per heavy atom. The highest BCUT2D eigenvalue weighted by atomic mass is 79.9. The van der Waals surface area contributed by atoms with Gasteiger partial charge in [-0.05, 0) is 41.3 Å². The van der Waals surface area contributed by atoms with Gasteiger partial charge < -0.3 is 5.73 Å². The fraction of sp³-hybridized carbons (Fsp3) is 0.333. The van der Waals surface area contributed by atoms with Crippen LogP contribution in [-0.2, 0) is 5.54 Å². The topological polar surface area (TPSA) is 26.0 Å². The van der Waals surface area contributed by atoms with Gasteiger partial charge in [0.2, 0.25) is 0 Å². The molecule has 1 nitrogen and oxygen atoms in total. The molecule has 0 aliphatic heterocycles. The zero-order valence-corrected chi connectivity index (χ0v) is 11.3. The molecule has 0 amide bonds. The second-order valence-electron chi connectivity index (χ2n) is 5.03. The Labute approximate surface area is 110 Å². The smallest absolute Gasteiger partial charge is 0.0415 e. The Balaban J connectivity index is 2.25. The highest BCUT2D eigenvalue weighted by molar-refractivity contribution is 9.10. The first-order valence-electron chi connectivity index (χ1n) is 6.17. The van der Waals surface area contributed by atoms with Crippen LogP contribution >= 0.6 is 15.9 Å². The van der Waals surface area contributed by atoms with Gasteiger partial charge in [0.1, 0.15) is 0 Å². The predicted octanol–water partition coefficient (Wildman–Crippen LogP) is 4.33. The molecule has 0 bridgehead atoms. The van der Waals surface area contributed by atoms with Crippen LogP contribution in [0.3, 0.4) is 0 Å². The van der Waals surface area contributed by atoms with Gasteiger partial charge in [0.05, 0.1) is 0 Å². The van der Waals surface area contributed by atoms with Gasteiger partial charge in [-0.15, -0.1) is 0 Å². The quantitative estimate of drug-likeness (QED) is 0.831. The van der Waals surface area contributed by atoms with Crippen molar-refractivity contribution in [2.45, 2.75) is 31.2 Å². The zero-order valence-electron chi connectivity index (χ0n) is 9.75. The summed E-state index contributed by atoms with van der Waals surface area (Å²) in [5.41, 5.74) is 7.78. The van der Waals surface area contributed by atoms with Gasteiger partial charge in [-0.1, -0.05) is 53.0 Å². The van der Waals surface area contributed by atoms with E-state index in [0.717, 1.165) is 17.3 Å². The summed E-state index contributed by atoms with van der Waals surface area (Å²) < 4.78 is 1.12. The van der Waals surface area contributed by atoms with Crippen molar-refractivity contribution in [3.05, 3.63) is 46.4 Å². The number of halogens is 1. The van der Waals surface area contributed by atoms with Crippen molar-refractivity contribution in [1.82, 2.24) is 0 Å². The van der Waals surface area contributed by atoms with Crippen LogP contribution in [-0.4, -0.2) is 0 Å². The lowest BCUT2D eigenvalue weighted by molar-refractivity contribution is 0.466. The van der Waals surface area contributed by atoms with Crippen molar-refractivity contribution in [3.8, 4) is 0 Å². The van der Waals surface area contributed by atoms with Crippen LogP contribution in [0.15, 0.2) is 40.9 Å². The molecule has 0 spiro atoms. The van der Waals surface area contributed by atoms with Crippen LogP contribution in [0.2, 0.25) is 0 Å². The maximum Gasteiger partial charge on any atom is 0.0415 e. The molecule has 1 aliphatic rings. The summed E-state index contributed by atoms with van der Waals surface area (Å²) in [7, 11) is 0. The molecule has 0 saturated heterocycles. The molecule has 0 unspecified atom stereocenters. The highest BCUT2D eigenvalue weighted by Gasteiger charge is 2.32. The van der Waals surface area contributed by atoms with Crippen molar-refractivity contribution in [3.63, 3.8) is 0 Å². The van der Waals surface area contributed by atoms with Crippen LogP contribution in [0.25, 0.3) is 10.8 Å². The first kappa shape index (κ1) is 11.2. The molecule has 1 fully saturated rings. The number of hydrogen-bond acceptors (Lipinski definition) is 1. The molecule has 0 aromatic heterocycles. The average Bonchev–Trinajstić information content (AvgIpc) is 2.76. The molecule has 88 valence electrons. The molecule has 3 rings (SSSR count). The Bertz CT molecular complexity index is 556. The summed E-state index contributed by atoms with van der Waals surface area (Å²) in [5.74, 6) is 0. The van der Waals surface area contributed by atoms with E-state index in [4.69, 9.17) is 5.73 Å². The third-order valence-corrected chi connectivity index (χ3v) is 4.37. The summed E-state index contributed by atoms with van der Waals surface area (Å²) in [6.45, 7) is 0. The van der Waals surface area contributed by atoms with Gasteiger partial charge in [0.25, 0.3) is 0 Å². The SMILES string of the molecule is NC1(c2cccc3ccc(Br)cc23)CCCC1. The largest absolute Gasteiger partial charge is 0.321 e. The van der Waals surface area contributed by atoms with E-state index in [2.05, 4.69) is 52.3 Å². The maximum atomic E-state index is 6.58. The van der Waals surface area contributed by atoms with Crippen molar-refractivity contribution >= 4 is 26.7 Å². The molecule has 2 heteroatoms. The van der Waals surface area contributed by atoms with E-state index in [1.165, 1.54) is 29.2 Å².